The van der Waals surface area contributed by atoms with Crippen molar-refractivity contribution in [2.24, 2.45) is 0 Å². The zero-order chi connectivity index (χ0) is 38.2. The van der Waals surface area contributed by atoms with E-state index < -0.39 is 0 Å². The van der Waals surface area contributed by atoms with Crippen LogP contribution in [-0.2, 0) is 17.1 Å². The summed E-state index contributed by atoms with van der Waals surface area (Å²) in [6.45, 7) is 0. The van der Waals surface area contributed by atoms with Gasteiger partial charge in [0.1, 0.15) is 23.0 Å². The Morgan fingerprint density at radius 3 is 1.00 bits per heavy atom. The molecule has 1 radical (unpaired) electrons. The third kappa shape index (κ3) is 7.08. The van der Waals surface area contributed by atoms with Gasteiger partial charge in [-0.3, -0.25) is 0 Å². The Balaban J connectivity index is 0.00000455. The minimum absolute atomic E-state index is 0. The van der Waals surface area contributed by atoms with E-state index in [1.165, 1.54) is 0 Å². The fraction of sp³-hybridized carbons (Fsp3) is 0.125. The Bertz CT molecular complexity index is 2510. The molecule has 0 spiro atoms. The van der Waals surface area contributed by atoms with Gasteiger partial charge < -0.3 is 39.5 Å². The number of allylic oxidation sites excluding steroid dienone is 4. The van der Waals surface area contributed by atoms with Crippen molar-refractivity contribution in [3.8, 4) is 23.0 Å². The van der Waals surface area contributed by atoms with Crippen LogP contribution in [0, 0.1) is 0 Å². The maximum absolute atomic E-state index is 5.53. The van der Waals surface area contributed by atoms with Gasteiger partial charge in [-0.15, -0.1) is 44.9 Å². The molecule has 9 heteroatoms. The SMILES string of the molecule is COc1ccc(C2=C3CC=C([N-]3)C(c3ccc(OC)cc3)=c3ccc([n-]3)=C(c3ccc(OC)cc3)C3=CCC(=C(c4ccc(OC)cc4)c4ccc2[n-]4)[N-]3)cc1.[Cu+2]. The molecular weight excluding hydrogens is 760 g/mol. The molecule has 0 saturated carbocycles. The number of fused-ring (bicyclic) bond motifs is 8. The van der Waals surface area contributed by atoms with Gasteiger partial charge >= 0.3 is 17.1 Å². The minimum atomic E-state index is 0. The molecule has 9 rings (SSSR count). The molecule has 6 aromatic rings. The maximum Gasteiger partial charge on any atom is 2.00 e. The van der Waals surface area contributed by atoms with Crippen LogP contribution in [0.3, 0.4) is 0 Å². The quantitative estimate of drug-likeness (QED) is 0.143. The Hall–Kier alpha value is -6.54. The second-order valence-corrected chi connectivity index (χ2v) is 13.5. The first-order chi connectivity index (χ1) is 27.5. The van der Waals surface area contributed by atoms with Gasteiger partial charge in [-0.2, -0.15) is 0 Å². The van der Waals surface area contributed by atoms with Crippen molar-refractivity contribution in [3.05, 3.63) is 211 Å². The van der Waals surface area contributed by atoms with E-state index in [1.54, 1.807) is 28.4 Å². The number of rotatable bonds is 8. The molecule has 0 N–H and O–H groups in total. The van der Waals surface area contributed by atoms with E-state index in [4.69, 9.17) is 39.5 Å². The monoisotopic (exact) mass is 797 g/mol. The van der Waals surface area contributed by atoms with E-state index in [0.29, 0.717) is 12.8 Å². The summed E-state index contributed by atoms with van der Waals surface area (Å²) in [4.78, 5) is 10.8. The van der Waals surface area contributed by atoms with E-state index in [0.717, 1.165) is 112 Å². The minimum Gasteiger partial charge on any atom is -0.660 e. The molecule has 0 fully saturated rings. The predicted molar refractivity (Wildman–Crippen MR) is 220 cm³/mol. The second-order valence-electron chi connectivity index (χ2n) is 13.5. The van der Waals surface area contributed by atoms with Gasteiger partial charge in [0.15, 0.2) is 0 Å². The van der Waals surface area contributed by atoms with Crippen LogP contribution < -0.4 is 39.6 Å². The van der Waals surface area contributed by atoms with Crippen molar-refractivity contribution in [2.75, 3.05) is 28.4 Å². The number of aromatic nitrogens is 2. The summed E-state index contributed by atoms with van der Waals surface area (Å²) in [5.41, 5.74) is 12.9. The first kappa shape index (κ1) is 37.4. The van der Waals surface area contributed by atoms with Gasteiger partial charge in [-0.1, -0.05) is 96.1 Å². The normalized spacial score (nSPS) is 14.7. The van der Waals surface area contributed by atoms with Crippen LogP contribution in [-0.4, -0.2) is 28.4 Å². The van der Waals surface area contributed by atoms with E-state index >= 15 is 0 Å². The van der Waals surface area contributed by atoms with Crippen LogP contribution in [0.5, 0.6) is 23.0 Å². The summed E-state index contributed by atoms with van der Waals surface area (Å²) in [6.07, 6.45) is 5.61. The van der Waals surface area contributed by atoms with Crippen LogP contribution in [0.2, 0.25) is 0 Å². The van der Waals surface area contributed by atoms with Crippen LogP contribution in [0.25, 0.3) is 32.9 Å². The van der Waals surface area contributed by atoms with Gasteiger partial charge in [-0.25, -0.2) is 0 Å². The van der Waals surface area contributed by atoms with E-state index in [9.17, 15) is 0 Å². The summed E-state index contributed by atoms with van der Waals surface area (Å²) >= 11 is 0. The Kier molecular flexibility index (Phi) is 10.4. The molecule has 287 valence electrons. The van der Waals surface area contributed by atoms with Crippen molar-refractivity contribution in [2.45, 2.75) is 12.8 Å². The standard InChI is InChI=1S/C48H38N4O4.Cu/c1-53-33-13-5-29(6-14-33)45-37-21-23-39(49-37)46(30-7-15-34(54-2)16-8-30)41-25-27-43(51-41)48(32-11-19-36(56-4)20-12-32)44-28-26-42(52-44)47(40-24-22-38(45)50-40)31-9-17-35(55-3)18-10-31;/h5-23,25-26,28H,24,27H2,1-4H3;/q-4;+2. The van der Waals surface area contributed by atoms with Crippen molar-refractivity contribution in [1.82, 2.24) is 9.97 Å². The summed E-state index contributed by atoms with van der Waals surface area (Å²) in [5.74, 6) is 3.11. The molecule has 2 aromatic heterocycles. The average molecular weight is 798 g/mol. The van der Waals surface area contributed by atoms with Crippen LogP contribution >= 0.6 is 0 Å². The summed E-state index contributed by atoms with van der Waals surface area (Å²) in [7, 11) is 6.71. The fourth-order valence-corrected chi connectivity index (χ4v) is 7.58. The van der Waals surface area contributed by atoms with Crippen LogP contribution in [0.1, 0.15) is 46.5 Å². The molecule has 0 aliphatic carbocycles. The van der Waals surface area contributed by atoms with E-state index in [-0.39, 0.29) is 17.1 Å². The zero-order valence-corrected chi connectivity index (χ0v) is 32.8. The van der Waals surface area contributed by atoms with E-state index in [1.807, 2.05) is 48.5 Å². The van der Waals surface area contributed by atoms with Crippen molar-refractivity contribution in [1.29, 1.82) is 0 Å². The molecule has 0 amide bonds. The molecule has 0 unspecified atom stereocenters. The first-order valence-electron chi connectivity index (χ1n) is 18.4. The Morgan fingerprint density at radius 2 is 0.684 bits per heavy atom. The van der Waals surface area contributed by atoms with Gasteiger partial charge in [0.2, 0.25) is 0 Å². The molecule has 0 saturated heterocycles. The Morgan fingerprint density at radius 1 is 0.368 bits per heavy atom. The van der Waals surface area contributed by atoms with Crippen molar-refractivity contribution in [3.63, 3.8) is 0 Å². The van der Waals surface area contributed by atoms with Gasteiger partial charge in [0.25, 0.3) is 0 Å². The van der Waals surface area contributed by atoms with Crippen LogP contribution in [0.4, 0.5) is 0 Å². The van der Waals surface area contributed by atoms with Crippen LogP contribution in [0.15, 0.2) is 156 Å². The van der Waals surface area contributed by atoms with Gasteiger partial charge in [-0.05, 0) is 94.8 Å². The zero-order valence-electron chi connectivity index (χ0n) is 31.8. The number of methoxy groups -OCH3 is 4. The van der Waals surface area contributed by atoms with Crippen molar-refractivity contribution < 1.29 is 36.0 Å². The summed E-state index contributed by atoms with van der Waals surface area (Å²) in [5, 5.41) is 12.4. The van der Waals surface area contributed by atoms with E-state index in [2.05, 4.69) is 84.9 Å². The largest absolute Gasteiger partial charge is 2.00 e. The number of ether oxygens (including phenoxy) is 4. The topological polar surface area (TPSA) is 93.3 Å². The first-order valence-corrected chi connectivity index (χ1v) is 18.4. The number of benzene rings is 4. The Labute approximate surface area is 342 Å². The molecular formula is C48H38CuN4O4-2. The average Bonchev–Trinajstić information content (AvgIpc) is 4.10. The number of hydrogen-bond donors (Lipinski definition) is 0. The van der Waals surface area contributed by atoms with Gasteiger partial charge in [0.05, 0.1) is 28.4 Å². The molecule has 3 aliphatic heterocycles. The molecule has 3 aliphatic rings. The third-order valence-corrected chi connectivity index (χ3v) is 10.4. The molecule has 4 aromatic carbocycles. The number of hydrogen-bond acceptors (Lipinski definition) is 4. The number of nitrogens with zero attached hydrogens (tertiary/aromatic N) is 4. The maximum atomic E-state index is 5.53. The van der Waals surface area contributed by atoms with Gasteiger partial charge in [0, 0.05) is 0 Å². The molecule has 5 heterocycles. The molecule has 8 nitrogen and oxygen atoms in total. The summed E-state index contributed by atoms with van der Waals surface area (Å²) in [6, 6.07) is 40.7. The molecule has 0 atom stereocenters. The van der Waals surface area contributed by atoms with Crippen molar-refractivity contribution >= 4 is 22.3 Å². The second kappa shape index (κ2) is 15.9. The smallest absolute Gasteiger partial charge is 0.660 e. The third-order valence-electron chi connectivity index (χ3n) is 10.4. The summed E-state index contributed by atoms with van der Waals surface area (Å²) < 4.78 is 22.1. The molecule has 8 bridgehead atoms. The fourth-order valence-electron chi connectivity index (χ4n) is 7.58. The molecule has 57 heavy (non-hydrogen) atoms. The predicted octanol–water partition coefficient (Wildman–Crippen LogP) is 8.59.